The highest BCUT2D eigenvalue weighted by Gasteiger charge is 2.30. The summed E-state index contributed by atoms with van der Waals surface area (Å²) < 4.78 is 11.5. The van der Waals surface area contributed by atoms with Crippen molar-refractivity contribution in [1.29, 1.82) is 0 Å². The van der Waals surface area contributed by atoms with Crippen LogP contribution in [0, 0.1) is 5.92 Å². The fraction of sp³-hybridized carbons (Fsp3) is 0.700. The van der Waals surface area contributed by atoms with Crippen LogP contribution in [0.2, 0.25) is 0 Å². The van der Waals surface area contributed by atoms with Crippen molar-refractivity contribution in [1.82, 2.24) is 24.9 Å². The number of hydrogen-bond acceptors (Lipinski definition) is 10. The molecule has 2 N–H and O–H groups in total. The smallest absolute Gasteiger partial charge is 0.324 e. The third-order valence-electron chi connectivity index (χ3n) is 6.00. The molecule has 0 amide bonds. The van der Waals surface area contributed by atoms with Gasteiger partial charge in [0.1, 0.15) is 5.60 Å². The Bertz CT molecular complexity index is 849. The van der Waals surface area contributed by atoms with Crippen molar-refractivity contribution in [2.75, 3.05) is 36.0 Å². The van der Waals surface area contributed by atoms with Crippen molar-refractivity contribution in [2.24, 2.45) is 5.92 Å². The molecule has 10 nitrogen and oxygen atoms in total. The highest BCUT2D eigenvalue weighted by atomic mass is 35.5. The highest BCUT2D eigenvalue weighted by molar-refractivity contribution is 6.13. The summed E-state index contributed by atoms with van der Waals surface area (Å²) >= 11 is 5.72. The van der Waals surface area contributed by atoms with Gasteiger partial charge in [-0.05, 0) is 57.7 Å². The number of piperidine rings is 1. The third kappa shape index (κ3) is 5.19. The lowest BCUT2D eigenvalue weighted by Crippen LogP contribution is -2.39. The van der Waals surface area contributed by atoms with Crippen LogP contribution in [0.3, 0.4) is 0 Å². The maximum absolute atomic E-state index is 10.0. The average Bonchev–Trinajstić information content (AvgIpc) is 3.44. The lowest BCUT2D eigenvalue weighted by molar-refractivity contribution is 0.0661. The van der Waals surface area contributed by atoms with Crippen LogP contribution in [-0.4, -0.2) is 63.5 Å². The zero-order valence-electron chi connectivity index (χ0n) is 18.2. The first kappa shape index (κ1) is 22.0. The Kier molecular flexibility index (Phi) is 6.49. The van der Waals surface area contributed by atoms with Crippen molar-refractivity contribution in [3.05, 3.63) is 18.2 Å². The molecule has 2 aliphatic rings. The monoisotopic (exact) mass is 451 g/mol. The zero-order chi connectivity index (χ0) is 22.0. The van der Waals surface area contributed by atoms with Crippen LogP contribution in [0.15, 0.2) is 16.9 Å². The van der Waals surface area contributed by atoms with Crippen molar-refractivity contribution in [3.8, 4) is 5.75 Å². The number of anilines is 2. The molecule has 2 atom stereocenters. The standard InChI is InChI=1S/C20H30ClN7O3/c1-13(30-16-10-22-18(23-11-16)28-9-6-15(12-28)25-21)14-4-7-27(8-5-14)19-24-17(26-31-19)20(2,3)29/h10-11,13-15,25,29H,4-9,12H2,1-3H3/t13-,15+/m0/s1. The van der Waals surface area contributed by atoms with Crippen molar-refractivity contribution >= 4 is 23.7 Å². The van der Waals surface area contributed by atoms with Crippen LogP contribution in [-0.2, 0) is 5.60 Å². The number of rotatable bonds is 7. The minimum atomic E-state index is -1.11. The van der Waals surface area contributed by atoms with Gasteiger partial charge in [-0.2, -0.15) is 4.98 Å². The van der Waals surface area contributed by atoms with E-state index in [4.69, 9.17) is 21.0 Å². The van der Waals surface area contributed by atoms with E-state index < -0.39 is 5.60 Å². The largest absolute Gasteiger partial charge is 0.487 e. The SMILES string of the molecule is C[C@H](Oc1cnc(N2CC[C@@H](NCl)C2)nc1)C1CCN(c2nc(C(C)(C)O)no2)CC1. The van der Waals surface area contributed by atoms with E-state index in [0.29, 0.717) is 29.5 Å². The molecule has 2 aromatic heterocycles. The fourth-order valence-corrected chi connectivity index (χ4v) is 4.21. The molecule has 2 aromatic rings. The molecule has 4 heterocycles. The summed E-state index contributed by atoms with van der Waals surface area (Å²) in [4.78, 5) is 20.2. The third-order valence-corrected chi connectivity index (χ3v) is 6.31. The van der Waals surface area contributed by atoms with Crippen molar-refractivity contribution in [3.63, 3.8) is 0 Å². The molecular formula is C20H30ClN7O3. The van der Waals surface area contributed by atoms with Gasteiger partial charge in [0.05, 0.1) is 18.5 Å². The highest BCUT2D eigenvalue weighted by Crippen LogP contribution is 2.28. The molecule has 31 heavy (non-hydrogen) atoms. The van der Waals surface area contributed by atoms with Crippen LogP contribution >= 0.6 is 11.8 Å². The van der Waals surface area contributed by atoms with Crippen LogP contribution in [0.1, 0.15) is 45.9 Å². The number of nitrogens with one attached hydrogen (secondary N) is 1. The summed E-state index contributed by atoms with van der Waals surface area (Å²) in [5, 5.41) is 13.9. The Morgan fingerprint density at radius 1 is 1.19 bits per heavy atom. The Morgan fingerprint density at radius 3 is 2.45 bits per heavy atom. The van der Waals surface area contributed by atoms with E-state index in [1.54, 1.807) is 26.2 Å². The fourth-order valence-electron chi connectivity index (χ4n) is 4.03. The van der Waals surface area contributed by atoms with Gasteiger partial charge in [-0.1, -0.05) is 5.16 Å². The maximum atomic E-state index is 10.0. The first-order valence-electron chi connectivity index (χ1n) is 10.7. The molecule has 0 radical (unpaired) electrons. The van der Waals surface area contributed by atoms with Gasteiger partial charge in [0.15, 0.2) is 5.75 Å². The molecule has 0 unspecified atom stereocenters. The number of aromatic nitrogens is 4. The van der Waals surface area contributed by atoms with Gasteiger partial charge in [-0.15, -0.1) is 0 Å². The maximum Gasteiger partial charge on any atom is 0.324 e. The van der Waals surface area contributed by atoms with Crippen molar-refractivity contribution in [2.45, 2.75) is 57.8 Å². The molecule has 2 fully saturated rings. The van der Waals surface area contributed by atoms with Crippen molar-refractivity contribution < 1.29 is 14.4 Å². The van der Waals surface area contributed by atoms with E-state index in [1.165, 1.54) is 0 Å². The van der Waals surface area contributed by atoms with E-state index in [9.17, 15) is 5.11 Å². The molecule has 2 aliphatic heterocycles. The molecule has 0 spiro atoms. The molecule has 0 aromatic carbocycles. The summed E-state index contributed by atoms with van der Waals surface area (Å²) in [5.74, 6) is 2.08. The minimum absolute atomic E-state index is 0.0443. The van der Waals surface area contributed by atoms with E-state index in [2.05, 4.69) is 41.7 Å². The molecule has 170 valence electrons. The van der Waals surface area contributed by atoms with E-state index in [0.717, 1.165) is 45.4 Å². The first-order chi connectivity index (χ1) is 14.8. The van der Waals surface area contributed by atoms with Crippen LogP contribution in [0.5, 0.6) is 5.75 Å². The molecular weight excluding hydrogens is 422 g/mol. The lowest BCUT2D eigenvalue weighted by Gasteiger charge is -2.33. The number of ether oxygens (including phenoxy) is 1. The summed E-state index contributed by atoms with van der Waals surface area (Å²) in [7, 11) is 0. The van der Waals surface area contributed by atoms with Gasteiger partial charge in [-0.3, -0.25) is 0 Å². The summed E-state index contributed by atoms with van der Waals surface area (Å²) in [6.07, 6.45) is 6.39. The second kappa shape index (κ2) is 9.13. The predicted octanol–water partition coefficient (Wildman–Crippen LogP) is 2.09. The van der Waals surface area contributed by atoms with Gasteiger partial charge in [0.25, 0.3) is 0 Å². The van der Waals surface area contributed by atoms with Crippen LogP contribution in [0.25, 0.3) is 0 Å². The van der Waals surface area contributed by atoms with Gasteiger partial charge in [0, 0.05) is 32.2 Å². The van der Waals surface area contributed by atoms with Crippen LogP contribution in [0.4, 0.5) is 12.0 Å². The summed E-state index contributed by atoms with van der Waals surface area (Å²) in [6.45, 7) is 8.65. The first-order valence-corrected chi connectivity index (χ1v) is 11.1. The zero-order valence-corrected chi connectivity index (χ0v) is 18.9. The van der Waals surface area contributed by atoms with Gasteiger partial charge < -0.3 is 24.2 Å². The van der Waals surface area contributed by atoms with E-state index >= 15 is 0 Å². The average molecular weight is 452 g/mol. The Labute approximate surface area is 187 Å². The molecule has 4 rings (SSSR count). The lowest BCUT2D eigenvalue weighted by atomic mass is 9.92. The molecule has 0 aliphatic carbocycles. The number of halogens is 1. The summed E-state index contributed by atoms with van der Waals surface area (Å²) in [6, 6.07) is 0.725. The van der Waals surface area contributed by atoms with Gasteiger partial charge in [-0.25, -0.2) is 14.8 Å². The second-order valence-electron chi connectivity index (χ2n) is 8.87. The normalized spacial score (nSPS) is 21.5. The molecule has 0 saturated carbocycles. The topological polar surface area (TPSA) is 113 Å². The molecule has 0 bridgehead atoms. The Balaban J connectivity index is 1.27. The minimum Gasteiger partial charge on any atom is -0.487 e. The quantitative estimate of drug-likeness (QED) is 0.606. The van der Waals surface area contributed by atoms with E-state index in [1.807, 2.05) is 0 Å². The van der Waals surface area contributed by atoms with Crippen LogP contribution < -0.4 is 19.4 Å². The molecule has 11 heteroatoms. The van der Waals surface area contributed by atoms with Gasteiger partial charge in [0.2, 0.25) is 11.8 Å². The summed E-state index contributed by atoms with van der Waals surface area (Å²) in [5.41, 5.74) is -1.11. The number of nitrogens with zero attached hydrogens (tertiary/aromatic N) is 6. The second-order valence-corrected chi connectivity index (χ2v) is 9.08. The van der Waals surface area contributed by atoms with E-state index in [-0.39, 0.29) is 12.1 Å². The predicted molar refractivity (Wildman–Crippen MR) is 116 cm³/mol. The number of aliphatic hydroxyl groups is 1. The van der Waals surface area contributed by atoms with Gasteiger partial charge >= 0.3 is 6.01 Å². The Morgan fingerprint density at radius 2 is 1.87 bits per heavy atom. The molecule has 2 saturated heterocycles. The number of hydrogen-bond donors (Lipinski definition) is 2. The Hall–Kier alpha value is -2.17.